The summed E-state index contributed by atoms with van der Waals surface area (Å²) in [5.74, 6) is 0.930. The zero-order valence-corrected chi connectivity index (χ0v) is 16.1. The molecule has 6 heteroatoms. The van der Waals surface area contributed by atoms with E-state index in [1.807, 2.05) is 4.90 Å². The third-order valence-electron chi connectivity index (χ3n) is 5.24. The van der Waals surface area contributed by atoms with Crippen molar-refractivity contribution < 1.29 is 4.79 Å². The van der Waals surface area contributed by atoms with Crippen LogP contribution in [0.15, 0.2) is 30.5 Å². The number of amides is 1. The number of halogens is 2. The topological polar surface area (TPSA) is 36.4 Å². The molecule has 2 aliphatic rings. The van der Waals surface area contributed by atoms with Crippen molar-refractivity contribution in [2.45, 2.75) is 25.7 Å². The zero-order valence-electron chi connectivity index (χ0n) is 14.5. The van der Waals surface area contributed by atoms with Gasteiger partial charge in [0.2, 0.25) is 5.91 Å². The van der Waals surface area contributed by atoms with Crippen LogP contribution in [0.25, 0.3) is 0 Å². The molecule has 4 nitrogen and oxygen atoms in total. The first kappa shape index (κ1) is 17.6. The average Bonchev–Trinajstić information content (AvgIpc) is 3.10. The molecule has 1 aliphatic carbocycles. The molecule has 2 heterocycles. The van der Waals surface area contributed by atoms with E-state index in [-0.39, 0.29) is 5.91 Å². The number of anilines is 1. The standard InChI is InChI=1S/C20H21Cl2N3O/c21-17-12-18(22)20(23-13-17)25-8-6-24(7-9-25)19(26)11-14-4-5-15-2-1-3-16(15)10-14/h4-5,10,12-13H,1-3,6-9,11H2. The first-order valence-corrected chi connectivity index (χ1v) is 9.80. The summed E-state index contributed by atoms with van der Waals surface area (Å²) in [5, 5.41) is 1.08. The van der Waals surface area contributed by atoms with E-state index >= 15 is 0 Å². The molecule has 0 unspecified atom stereocenters. The van der Waals surface area contributed by atoms with Crippen molar-refractivity contribution in [3.05, 3.63) is 57.2 Å². The van der Waals surface area contributed by atoms with Crippen LogP contribution in [0.1, 0.15) is 23.1 Å². The van der Waals surface area contributed by atoms with Crippen molar-refractivity contribution in [1.29, 1.82) is 0 Å². The Balaban J connectivity index is 1.36. The van der Waals surface area contributed by atoms with Gasteiger partial charge in [0.25, 0.3) is 0 Å². The summed E-state index contributed by atoms with van der Waals surface area (Å²) in [6.45, 7) is 2.82. The molecule has 0 spiro atoms. The van der Waals surface area contributed by atoms with Crippen molar-refractivity contribution >= 4 is 34.9 Å². The molecule has 1 aromatic carbocycles. The van der Waals surface area contributed by atoms with Crippen LogP contribution in [0, 0.1) is 0 Å². The normalized spacial score (nSPS) is 16.7. The van der Waals surface area contributed by atoms with Crippen molar-refractivity contribution in [1.82, 2.24) is 9.88 Å². The third-order valence-corrected chi connectivity index (χ3v) is 5.72. The van der Waals surface area contributed by atoms with Gasteiger partial charge in [-0.3, -0.25) is 4.79 Å². The molecule has 0 bridgehead atoms. The summed E-state index contributed by atoms with van der Waals surface area (Å²) < 4.78 is 0. The van der Waals surface area contributed by atoms with Crippen molar-refractivity contribution in [3.63, 3.8) is 0 Å². The Labute approximate surface area is 163 Å². The maximum absolute atomic E-state index is 12.7. The quantitative estimate of drug-likeness (QED) is 0.801. The second-order valence-electron chi connectivity index (χ2n) is 6.96. The number of benzene rings is 1. The Morgan fingerprint density at radius 2 is 1.81 bits per heavy atom. The molecular formula is C20H21Cl2N3O. The summed E-state index contributed by atoms with van der Waals surface area (Å²) >= 11 is 12.2. The number of aryl methyl sites for hydroxylation is 2. The molecule has 4 rings (SSSR count). The highest BCUT2D eigenvalue weighted by Gasteiger charge is 2.23. The van der Waals surface area contributed by atoms with Gasteiger partial charge in [-0.1, -0.05) is 41.4 Å². The predicted octanol–water partition coefficient (Wildman–Crippen LogP) is 3.77. The minimum Gasteiger partial charge on any atom is -0.352 e. The lowest BCUT2D eigenvalue weighted by Crippen LogP contribution is -2.49. The molecule has 1 fully saturated rings. The molecule has 136 valence electrons. The predicted molar refractivity (Wildman–Crippen MR) is 105 cm³/mol. The number of aromatic nitrogens is 1. The summed E-state index contributed by atoms with van der Waals surface area (Å²) in [6, 6.07) is 8.22. The minimum absolute atomic E-state index is 0.192. The van der Waals surface area contributed by atoms with Crippen LogP contribution < -0.4 is 4.90 Å². The van der Waals surface area contributed by atoms with Gasteiger partial charge < -0.3 is 9.80 Å². The van der Waals surface area contributed by atoms with Crippen LogP contribution in [-0.4, -0.2) is 42.0 Å². The Morgan fingerprint density at radius 3 is 2.58 bits per heavy atom. The maximum Gasteiger partial charge on any atom is 0.227 e. The number of pyridine rings is 1. The van der Waals surface area contributed by atoms with Crippen molar-refractivity contribution in [2.75, 3.05) is 31.1 Å². The molecule has 1 aromatic heterocycles. The van der Waals surface area contributed by atoms with Crippen molar-refractivity contribution in [2.24, 2.45) is 0 Å². The molecule has 2 aromatic rings. The first-order valence-electron chi connectivity index (χ1n) is 9.04. The van der Waals surface area contributed by atoms with E-state index in [1.54, 1.807) is 12.3 Å². The van der Waals surface area contributed by atoms with Gasteiger partial charge in [-0.2, -0.15) is 0 Å². The van der Waals surface area contributed by atoms with E-state index in [0.29, 0.717) is 29.6 Å². The number of hydrogen-bond donors (Lipinski definition) is 0. The fraction of sp³-hybridized carbons (Fsp3) is 0.400. The highest BCUT2D eigenvalue weighted by atomic mass is 35.5. The first-order chi connectivity index (χ1) is 12.6. The van der Waals surface area contributed by atoms with Crippen LogP contribution in [0.4, 0.5) is 5.82 Å². The van der Waals surface area contributed by atoms with Crippen LogP contribution >= 0.6 is 23.2 Å². The Hall–Kier alpha value is -1.78. The van der Waals surface area contributed by atoms with Crippen LogP contribution in [-0.2, 0) is 24.1 Å². The maximum atomic E-state index is 12.7. The lowest BCUT2D eigenvalue weighted by Gasteiger charge is -2.35. The highest BCUT2D eigenvalue weighted by Crippen LogP contribution is 2.27. The van der Waals surface area contributed by atoms with Gasteiger partial charge in [-0.15, -0.1) is 0 Å². The summed E-state index contributed by atoms with van der Waals surface area (Å²) in [5.41, 5.74) is 3.99. The van der Waals surface area contributed by atoms with Gasteiger partial charge in [0, 0.05) is 32.4 Å². The third kappa shape index (κ3) is 3.67. The van der Waals surface area contributed by atoms with Crippen LogP contribution in [0.2, 0.25) is 10.0 Å². The van der Waals surface area contributed by atoms with Gasteiger partial charge in [-0.05, 0) is 42.0 Å². The van der Waals surface area contributed by atoms with E-state index < -0.39 is 0 Å². The van der Waals surface area contributed by atoms with Gasteiger partial charge in [0.1, 0.15) is 5.82 Å². The molecule has 1 amide bonds. The summed E-state index contributed by atoms with van der Waals surface area (Å²) in [7, 11) is 0. The molecule has 0 N–H and O–H groups in total. The Morgan fingerprint density at radius 1 is 1.04 bits per heavy atom. The lowest BCUT2D eigenvalue weighted by atomic mass is 10.0. The summed E-state index contributed by atoms with van der Waals surface area (Å²) in [4.78, 5) is 21.0. The van der Waals surface area contributed by atoms with Gasteiger partial charge in [-0.25, -0.2) is 4.98 Å². The number of carbonyl (C=O) groups is 1. The fourth-order valence-electron chi connectivity index (χ4n) is 3.83. The van der Waals surface area contributed by atoms with E-state index in [0.717, 1.165) is 30.9 Å². The minimum atomic E-state index is 0.192. The molecule has 1 aliphatic heterocycles. The number of rotatable bonds is 3. The number of piperazine rings is 1. The fourth-order valence-corrected chi connectivity index (χ4v) is 4.33. The van der Waals surface area contributed by atoms with E-state index in [1.165, 1.54) is 24.0 Å². The lowest BCUT2D eigenvalue weighted by molar-refractivity contribution is -0.130. The number of nitrogens with zero attached hydrogens (tertiary/aromatic N) is 3. The Bertz CT molecular complexity index is 832. The van der Waals surface area contributed by atoms with Gasteiger partial charge in [0.15, 0.2) is 0 Å². The molecule has 0 atom stereocenters. The monoisotopic (exact) mass is 389 g/mol. The number of fused-ring (bicyclic) bond motifs is 1. The molecule has 1 saturated heterocycles. The second-order valence-corrected chi connectivity index (χ2v) is 7.80. The number of carbonyl (C=O) groups excluding carboxylic acids is 1. The molecule has 26 heavy (non-hydrogen) atoms. The summed E-state index contributed by atoms with van der Waals surface area (Å²) in [6.07, 6.45) is 5.63. The van der Waals surface area contributed by atoms with Crippen LogP contribution in [0.3, 0.4) is 0 Å². The largest absolute Gasteiger partial charge is 0.352 e. The molecule has 0 radical (unpaired) electrons. The second kappa shape index (κ2) is 7.45. The zero-order chi connectivity index (χ0) is 18.1. The van der Waals surface area contributed by atoms with E-state index in [9.17, 15) is 4.79 Å². The molecule has 0 saturated carbocycles. The van der Waals surface area contributed by atoms with E-state index in [4.69, 9.17) is 23.2 Å². The number of hydrogen-bond acceptors (Lipinski definition) is 3. The highest BCUT2D eigenvalue weighted by molar-refractivity contribution is 6.36. The molecular weight excluding hydrogens is 369 g/mol. The average molecular weight is 390 g/mol. The Kier molecular flexibility index (Phi) is 5.05. The SMILES string of the molecule is O=C(Cc1ccc2c(c1)CCC2)N1CCN(c2ncc(Cl)cc2Cl)CC1. The van der Waals surface area contributed by atoms with Gasteiger partial charge >= 0.3 is 0 Å². The smallest absolute Gasteiger partial charge is 0.227 e. The van der Waals surface area contributed by atoms with Crippen LogP contribution in [0.5, 0.6) is 0 Å². The van der Waals surface area contributed by atoms with Crippen molar-refractivity contribution in [3.8, 4) is 0 Å². The van der Waals surface area contributed by atoms with Gasteiger partial charge in [0.05, 0.1) is 16.5 Å². The van der Waals surface area contributed by atoms with E-state index in [2.05, 4.69) is 28.1 Å².